The van der Waals surface area contributed by atoms with Crippen LogP contribution in [0.2, 0.25) is 5.02 Å². The predicted octanol–water partition coefficient (Wildman–Crippen LogP) is 5.43. The molecule has 0 bridgehead atoms. The average Bonchev–Trinajstić information content (AvgIpc) is 3.43. The zero-order chi connectivity index (χ0) is 24.7. The van der Waals surface area contributed by atoms with Gasteiger partial charge in [-0.3, -0.25) is 4.99 Å². The van der Waals surface area contributed by atoms with Crippen molar-refractivity contribution in [2.75, 3.05) is 50.0 Å². The number of ether oxygens (including phenoxy) is 1. The third-order valence-corrected chi connectivity index (χ3v) is 7.15. The van der Waals surface area contributed by atoms with Gasteiger partial charge in [0.2, 0.25) is 11.8 Å². The van der Waals surface area contributed by atoms with Crippen molar-refractivity contribution in [1.29, 1.82) is 0 Å². The minimum Gasteiger partial charge on any atom is -0.437 e. The summed E-state index contributed by atoms with van der Waals surface area (Å²) in [4.78, 5) is 18.7. The Hall–Kier alpha value is -2.90. The van der Waals surface area contributed by atoms with Gasteiger partial charge in [0.15, 0.2) is 0 Å². The van der Waals surface area contributed by atoms with Gasteiger partial charge in [0.25, 0.3) is 0 Å². The van der Waals surface area contributed by atoms with Crippen molar-refractivity contribution >= 4 is 35.3 Å². The molecule has 1 N–H and O–H groups in total. The van der Waals surface area contributed by atoms with Crippen LogP contribution < -0.4 is 15.0 Å². The molecule has 1 aromatic heterocycles. The molecule has 35 heavy (non-hydrogen) atoms. The van der Waals surface area contributed by atoms with Crippen LogP contribution in [0.15, 0.2) is 40.4 Å². The lowest BCUT2D eigenvalue weighted by Gasteiger charge is -2.33. The fourth-order valence-electron chi connectivity index (χ4n) is 4.50. The summed E-state index contributed by atoms with van der Waals surface area (Å²) in [6.07, 6.45) is 5.15. The lowest BCUT2D eigenvalue weighted by atomic mass is 9.87. The first kappa shape index (κ1) is 23.8. The second-order valence-electron chi connectivity index (χ2n) is 10.6. The maximum Gasteiger partial charge on any atom is 0.233 e. The number of halogens is 1. The molecule has 2 aromatic rings. The fraction of sp³-hybridized carbons (Fsp3) is 0.444. The van der Waals surface area contributed by atoms with Crippen LogP contribution in [0.1, 0.15) is 38.8 Å². The number of allylic oxidation sites excluding steroid dienone is 1. The molecule has 0 amide bonds. The molecule has 1 aromatic carbocycles. The first-order valence-corrected chi connectivity index (χ1v) is 12.5. The number of nitrogens with zero attached hydrogens (tertiary/aromatic N) is 5. The van der Waals surface area contributed by atoms with Crippen LogP contribution in [-0.4, -0.2) is 60.5 Å². The van der Waals surface area contributed by atoms with Crippen LogP contribution in [-0.2, 0) is 6.42 Å². The van der Waals surface area contributed by atoms with E-state index in [-0.39, 0.29) is 5.41 Å². The van der Waals surface area contributed by atoms with E-state index in [2.05, 4.69) is 78.1 Å². The van der Waals surface area contributed by atoms with E-state index < -0.39 is 0 Å². The number of anilines is 2. The molecule has 8 heteroatoms. The molecular weight excluding hydrogens is 460 g/mol. The molecule has 1 fully saturated rings. The minimum absolute atomic E-state index is 0.0703. The number of rotatable bonds is 4. The standard InChI is InChI=1S/C27H33ClN6O/c1-17-12-18-6-7-21(25(28)20(18)13-17)35-24-15-23(34-10-8-33(5)9-11-34)31-26(32-24)30-22-14-19(16-29-22)27(2,3)4/h6-7,13-15H,8-12,16H2,1-5H3,(H,29,30,31,32). The highest BCUT2D eigenvalue weighted by atomic mass is 35.5. The van der Waals surface area contributed by atoms with Crippen molar-refractivity contribution in [3.05, 3.63) is 51.6 Å². The van der Waals surface area contributed by atoms with E-state index >= 15 is 0 Å². The van der Waals surface area contributed by atoms with E-state index in [1.807, 2.05) is 12.1 Å². The first-order valence-electron chi connectivity index (χ1n) is 12.2. The van der Waals surface area contributed by atoms with Gasteiger partial charge >= 0.3 is 0 Å². The number of aromatic nitrogens is 2. The Bertz CT molecular complexity index is 1230. The van der Waals surface area contributed by atoms with E-state index in [0.717, 1.165) is 49.8 Å². The van der Waals surface area contributed by atoms with E-state index in [4.69, 9.17) is 21.3 Å². The summed E-state index contributed by atoms with van der Waals surface area (Å²) in [5.74, 6) is 3.12. The number of amidine groups is 1. The summed E-state index contributed by atoms with van der Waals surface area (Å²) >= 11 is 6.74. The Morgan fingerprint density at radius 1 is 1.06 bits per heavy atom. The largest absolute Gasteiger partial charge is 0.437 e. The maximum absolute atomic E-state index is 6.74. The fourth-order valence-corrected chi connectivity index (χ4v) is 4.78. The third kappa shape index (κ3) is 5.21. The zero-order valence-electron chi connectivity index (χ0n) is 21.2. The molecule has 3 aliphatic rings. The van der Waals surface area contributed by atoms with Gasteiger partial charge in [0.05, 0.1) is 11.6 Å². The molecule has 0 radical (unpaired) electrons. The Morgan fingerprint density at radius 3 is 2.54 bits per heavy atom. The topological polar surface area (TPSA) is 65.9 Å². The van der Waals surface area contributed by atoms with Gasteiger partial charge in [-0.2, -0.15) is 9.97 Å². The maximum atomic E-state index is 6.74. The molecule has 7 nitrogen and oxygen atoms in total. The average molecular weight is 493 g/mol. The number of fused-ring (bicyclic) bond motifs is 1. The molecule has 0 atom stereocenters. The molecular formula is C27H33ClN6O. The van der Waals surface area contributed by atoms with Crippen molar-refractivity contribution in [2.24, 2.45) is 10.4 Å². The Balaban J connectivity index is 1.45. The number of nitrogens with one attached hydrogen (secondary N) is 1. The summed E-state index contributed by atoms with van der Waals surface area (Å²) in [5, 5.41) is 3.93. The summed E-state index contributed by atoms with van der Waals surface area (Å²) in [5.41, 5.74) is 4.91. The van der Waals surface area contributed by atoms with Gasteiger partial charge in [0, 0.05) is 37.8 Å². The Labute approximate surface area is 212 Å². The van der Waals surface area contributed by atoms with Crippen LogP contribution in [0, 0.1) is 5.41 Å². The molecule has 0 saturated carbocycles. The third-order valence-electron chi connectivity index (χ3n) is 6.76. The van der Waals surface area contributed by atoms with Gasteiger partial charge in [-0.15, -0.1) is 0 Å². The highest BCUT2D eigenvalue weighted by Crippen LogP contribution is 2.39. The van der Waals surface area contributed by atoms with Gasteiger partial charge in [-0.1, -0.05) is 50.1 Å². The van der Waals surface area contributed by atoms with Crippen molar-refractivity contribution in [1.82, 2.24) is 14.9 Å². The SMILES string of the molecule is CC1=Cc2c(ccc(Oc3cc(N4CCN(C)CC4)nc(NC4=NCC(C(C)(C)C)=C4)n3)c2Cl)C1. The summed E-state index contributed by atoms with van der Waals surface area (Å²) < 4.78 is 6.26. The predicted molar refractivity (Wildman–Crippen MR) is 144 cm³/mol. The van der Waals surface area contributed by atoms with E-state index in [9.17, 15) is 0 Å². The Morgan fingerprint density at radius 2 is 1.83 bits per heavy atom. The molecule has 1 aliphatic carbocycles. The van der Waals surface area contributed by atoms with E-state index in [1.165, 1.54) is 16.7 Å². The van der Waals surface area contributed by atoms with E-state index in [0.29, 0.717) is 29.1 Å². The highest BCUT2D eigenvalue weighted by molar-refractivity contribution is 6.33. The number of likely N-dealkylation sites (N-methyl/N-ethyl adjacent to an activating group) is 1. The van der Waals surface area contributed by atoms with E-state index in [1.54, 1.807) is 0 Å². The van der Waals surface area contributed by atoms with Crippen LogP contribution in [0.25, 0.3) is 6.08 Å². The first-order chi connectivity index (χ1) is 16.7. The van der Waals surface area contributed by atoms with Gasteiger partial charge in [-0.25, -0.2) is 0 Å². The molecule has 0 unspecified atom stereocenters. The monoisotopic (exact) mass is 492 g/mol. The summed E-state index contributed by atoms with van der Waals surface area (Å²) in [6, 6.07) is 5.91. The van der Waals surface area contributed by atoms with Gasteiger partial charge in [0.1, 0.15) is 17.4 Å². The van der Waals surface area contributed by atoms with Gasteiger partial charge in [-0.05, 0) is 49.1 Å². The Kier molecular flexibility index (Phi) is 6.32. The number of hydrogen-bond donors (Lipinski definition) is 1. The second-order valence-corrected chi connectivity index (χ2v) is 11.0. The molecule has 5 rings (SSSR count). The summed E-state index contributed by atoms with van der Waals surface area (Å²) in [6.45, 7) is 13.2. The van der Waals surface area contributed by atoms with Crippen LogP contribution in [0.3, 0.4) is 0 Å². The minimum atomic E-state index is 0.0703. The number of piperazine rings is 1. The molecule has 3 heterocycles. The lowest BCUT2D eigenvalue weighted by Crippen LogP contribution is -2.44. The molecule has 2 aliphatic heterocycles. The van der Waals surface area contributed by atoms with Crippen molar-refractivity contribution < 1.29 is 4.74 Å². The molecule has 1 saturated heterocycles. The molecule has 184 valence electrons. The smallest absolute Gasteiger partial charge is 0.233 e. The number of hydrogen-bond acceptors (Lipinski definition) is 7. The highest BCUT2D eigenvalue weighted by Gasteiger charge is 2.23. The van der Waals surface area contributed by atoms with Crippen LogP contribution in [0.5, 0.6) is 11.6 Å². The van der Waals surface area contributed by atoms with Crippen LogP contribution in [0.4, 0.5) is 11.8 Å². The lowest BCUT2D eigenvalue weighted by molar-refractivity contribution is 0.312. The van der Waals surface area contributed by atoms with Crippen molar-refractivity contribution in [3.63, 3.8) is 0 Å². The van der Waals surface area contributed by atoms with Crippen molar-refractivity contribution in [3.8, 4) is 11.6 Å². The zero-order valence-corrected chi connectivity index (χ0v) is 21.9. The van der Waals surface area contributed by atoms with Crippen molar-refractivity contribution in [2.45, 2.75) is 34.1 Å². The number of benzene rings is 1. The molecule has 0 spiro atoms. The van der Waals surface area contributed by atoms with Crippen LogP contribution >= 0.6 is 11.6 Å². The van der Waals surface area contributed by atoms with Gasteiger partial charge < -0.3 is 19.9 Å². The summed E-state index contributed by atoms with van der Waals surface area (Å²) in [7, 11) is 2.14. The second kappa shape index (κ2) is 9.28. The number of aliphatic imine (C=N–C) groups is 1. The normalized spacial score (nSPS) is 18.2. The quantitative estimate of drug-likeness (QED) is 0.613.